The molecule has 4 aliphatic rings. The second kappa shape index (κ2) is 4.05. The van der Waals surface area contributed by atoms with E-state index in [9.17, 15) is 13.6 Å². The third kappa shape index (κ3) is 1.96. The first kappa shape index (κ1) is 12.1. The SMILES string of the molecule is O=C(O)N[C@@H]1[C@@H]2CC3C[C@H]1C[C@@](OC(F)F)(C3)C2. The molecule has 18 heavy (non-hydrogen) atoms. The number of carbonyl (C=O) groups is 1. The number of rotatable bonds is 3. The Morgan fingerprint density at radius 2 is 1.89 bits per heavy atom. The smallest absolute Gasteiger partial charge is 0.404 e. The summed E-state index contributed by atoms with van der Waals surface area (Å²) in [5.41, 5.74) is -0.693. The van der Waals surface area contributed by atoms with E-state index in [1.165, 1.54) is 0 Å². The predicted molar refractivity (Wildman–Crippen MR) is 58.3 cm³/mol. The number of hydrogen-bond acceptors (Lipinski definition) is 2. The van der Waals surface area contributed by atoms with Gasteiger partial charge in [-0.25, -0.2) is 4.79 Å². The van der Waals surface area contributed by atoms with Gasteiger partial charge in [0.15, 0.2) is 0 Å². The molecule has 0 aliphatic heterocycles. The molecule has 6 heteroatoms. The van der Waals surface area contributed by atoms with E-state index >= 15 is 0 Å². The molecule has 1 unspecified atom stereocenters. The van der Waals surface area contributed by atoms with Gasteiger partial charge in [-0.15, -0.1) is 0 Å². The summed E-state index contributed by atoms with van der Waals surface area (Å²) >= 11 is 0. The van der Waals surface area contributed by atoms with Crippen molar-refractivity contribution in [2.24, 2.45) is 17.8 Å². The number of nitrogens with one attached hydrogen (secondary N) is 1. The molecule has 0 aromatic rings. The van der Waals surface area contributed by atoms with Gasteiger partial charge in [0, 0.05) is 6.04 Å². The third-order valence-corrected chi connectivity index (χ3v) is 4.85. The Bertz CT molecular complexity index is 343. The molecule has 0 saturated heterocycles. The minimum absolute atomic E-state index is 0.0755. The monoisotopic (exact) mass is 261 g/mol. The summed E-state index contributed by atoms with van der Waals surface area (Å²) < 4.78 is 29.9. The van der Waals surface area contributed by atoms with Crippen LogP contribution in [0.15, 0.2) is 0 Å². The molecule has 0 aromatic carbocycles. The molecule has 5 atom stereocenters. The van der Waals surface area contributed by atoms with Crippen molar-refractivity contribution in [1.29, 1.82) is 0 Å². The van der Waals surface area contributed by atoms with Gasteiger partial charge in [0.2, 0.25) is 0 Å². The summed E-state index contributed by atoms with van der Waals surface area (Å²) in [6.45, 7) is -2.73. The largest absolute Gasteiger partial charge is 0.465 e. The Labute approximate surface area is 104 Å². The van der Waals surface area contributed by atoms with E-state index in [1.54, 1.807) is 0 Å². The minimum Gasteiger partial charge on any atom is -0.465 e. The molecule has 2 N–H and O–H groups in total. The van der Waals surface area contributed by atoms with Crippen LogP contribution in [-0.4, -0.2) is 29.5 Å². The molecule has 0 spiro atoms. The van der Waals surface area contributed by atoms with Gasteiger partial charge in [-0.1, -0.05) is 0 Å². The zero-order chi connectivity index (χ0) is 12.9. The van der Waals surface area contributed by atoms with Crippen molar-refractivity contribution in [3.63, 3.8) is 0 Å². The lowest BCUT2D eigenvalue weighted by Crippen LogP contribution is -2.62. The van der Waals surface area contributed by atoms with Crippen LogP contribution in [0.4, 0.5) is 13.6 Å². The van der Waals surface area contributed by atoms with Crippen LogP contribution in [0, 0.1) is 17.8 Å². The van der Waals surface area contributed by atoms with Crippen LogP contribution in [0.2, 0.25) is 0 Å². The van der Waals surface area contributed by atoms with Gasteiger partial charge in [0.25, 0.3) is 0 Å². The molecule has 4 aliphatic carbocycles. The van der Waals surface area contributed by atoms with E-state index in [4.69, 9.17) is 9.84 Å². The average molecular weight is 261 g/mol. The molecule has 4 fully saturated rings. The van der Waals surface area contributed by atoms with Gasteiger partial charge in [-0.2, -0.15) is 8.78 Å². The van der Waals surface area contributed by atoms with Crippen LogP contribution in [-0.2, 0) is 4.74 Å². The molecule has 1 amide bonds. The van der Waals surface area contributed by atoms with Crippen molar-refractivity contribution in [3.05, 3.63) is 0 Å². The van der Waals surface area contributed by atoms with Gasteiger partial charge < -0.3 is 15.2 Å². The zero-order valence-corrected chi connectivity index (χ0v) is 9.94. The molecule has 4 nitrogen and oxygen atoms in total. The van der Waals surface area contributed by atoms with Crippen molar-refractivity contribution in [2.45, 2.75) is 50.4 Å². The van der Waals surface area contributed by atoms with Crippen LogP contribution in [0.25, 0.3) is 0 Å². The van der Waals surface area contributed by atoms with Gasteiger partial charge in [-0.05, 0) is 49.9 Å². The fraction of sp³-hybridized carbons (Fsp3) is 0.917. The van der Waals surface area contributed by atoms with Crippen LogP contribution >= 0.6 is 0 Å². The lowest BCUT2D eigenvalue weighted by atomic mass is 9.52. The standard InChI is InChI=1S/C12H17F2NO3/c13-10(14)18-12-3-6-1-7(4-12)9(15-11(16)17)8(2-6)5-12/h6-10,15H,1-5H2,(H,16,17)/t6?,7-,8+,9-,12-. The lowest BCUT2D eigenvalue weighted by Gasteiger charge is -2.59. The summed E-state index contributed by atoms with van der Waals surface area (Å²) in [5, 5.41) is 11.4. The molecular weight excluding hydrogens is 244 g/mol. The number of ether oxygens (including phenoxy) is 1. The van der Waals surface area contributed by atoms with Crippen molar-refractivity contribution >= 4 is 6.09 Å². The normalized spacial score (nSPS) is 45.5. The van der Waals surface area contributed by atoms with E-state index in [1.807, 2.05) is 0 Å². The Hall–Kier alpha value is -0.910. The second-order valence-electron chi connectivity index (χ2n) is 6.01. The van der Waals surface area contributed by atoms with E-state index in [2.05, 4.69) is 5.32 Å². The molecule has 4 saturated carbocycles. The highest BCUT2D eigenvalue weighted by molar-refractivity contribution is 5.65. The fourth-order valence-corrected chi connectivity index (χ4v) is 4.66. The summed E-state index contributed by atoms with van der Waals surface area (Å²) in [6.07, 6.45) is 2.71. The zero-order valence-electron chi connectivity index (χ0n) is 9.94. The van der Waals surface area contributed by atoms with Gasteiger partial charge in [0.05, 0.1) is 5.60 Å². The number of carboxylic acid groups (broad SMARTS) is 1. The van der Waals surface area contributed by atoms with Crippen molar-refractivity contribution in [2.75, 3.05) is 0 Å². The fourth-order valence-electron chi connectivity index (χ4n) is 4.66. The van der Waals surface area contributed by atoms with Gasteiger partial charge in [0.1, 0.15) is 0 Å². The minimum atomic E-state index is -2.73. The number of amides is 1. The summed E-state index contributed by atoms with van der Waals surface area (Å²) in [4.78, 5) is 10.8. The Morgan fingerprint density at radius 1 is 1.28 bits per heavy atom. The first-order valence-electron chi connectivity index (χ1n) is 6.43. The Balaban J connectivity index is 1.77. The van der Waals surface area contributed by atoms with Crippen LogP contribution in [0.3, 0.4) is 0 Å². The molecule has 0 radical (unpaired) electrons. The number of alkyl halides is 2. The maximum atomic E-state index is 12.5. The third-order valence-electron chi connectivity index (χ3n) is 4.85. The predicted octanol–water partition coefficient (Wildman–Crippen LogP) is 2.44. The van der Waals surface area contributed by atoms with E-state index < -0.39 is 18.3 Å². The highest BCUT2D eigenvalue weighted by atomic mass is 19.3. The summed E-state index contributed by atoms with van der Waals surface area (Å²) in [7, 11) is 0. The highest BCUT2D eigenvalue weighted by Crippen LogP contribution is 2.57. The maximum Gasteiger partial charge on any atom is 0.404 e. The van der Waals surface area contributed by atoms with Crippen molar-refractivity contribution in [3.8, 4) is 0 Å². The van der Waals surface area contributed by atoms with E-state index in [0.29, 0.717) is 25.2 Å². The maximum absolute atomic E-state index is 12.5. The molecule has 0 heterocycles. The topological polar surface area (TPSA) is 58.6 Å². The molecule has 102 valence electrons. The molecule has 0 aromatic heterocycles. The van der Waals surface area contributed by atoms with Crippen LogP contribution in [0.1, 0.15) is 32.1 Å². The average Bonchev–Trinajstić information content (AvgIpc) is 2.20. The van der Waals surface area contributed by atoms with Crippen LogP contribution in [0.5, 0.6) is 0 Å². The quantitative estimate of drug-likeness (QED) is 0.820. The molecular formula is C12H17F2NO3. The van der Waals surface area contributed by atoms with Gasteiger partial charge >= 0.3 is 12.7 Å². The van der Waals surface area contributed by atoms with Crippen molar-refractivity contribution < 1.29 is 23.4 Å². The summed E-state index contributed by atoms with van der Waals surface area (Å²) in [6, 6.07) is -0.0755. The molecule has 4 rings (SSSR count). The van der Waals surface area contributed by atoms with Crippen molar-refractivity contribution in [1.82, 2.24) is 5.32 Å². The van der Waals surface area contributed by atoms with E-state index in [0.717, 1.165) is 12.8 Å². The number of halogens is 2. The first-order chi connectivity index (χ1) is 8.47. The number of hydrogen-bond donors (Lipinski definition) is 2. The highest BCUT2D eigenvalue weighted by Gasteiger charge is 2.57. The van der Waals surface area contributed by atoms with Gasteiger partial charge in [-0.3, -0.25) is 0 Å². The first-order valence-corrected chi connectivity index (χ1v) is 6.43. The van der Waals surface area contributed by atoms with Crippen LogP contribution < -0.4 is 5.32 Å². The Kier molecular flexibility index (Phi) is 2.73. The second-order valence-corrected chi connectivity index (χ2v) is 6.01. The summed E-state index contributed by atoms with van der Waals surface area (Å²) in [5.74, 6) is 0.741. The lowest BCUT2D eigenvalue weighted by molar-refractivity contribution is -0.260. The molecule has 4 bridgehead atoms. The van der Waals surface area contributed by atoms with E-state index in [-0.39, 0.29) is 17.9 Å². The Morgan fingerprint density at radius 3 is 2.39 bits per heavy atom.